The molecule has 0 spiro atoms. The molecule has 0 saturated carbocycles. The number of hydrogen-bond donors (Lipinski definition) is 0. The molecular formula is C25H39B2N3S2. The summed E-state index contributed by atoms with van der Waals surface area (Å²) >= 11 is 3.73. The minimum atomic E-state index is 0.254. The lowest BCUT2D eigenvalue weighted by Crippen LogP contribution is -2.65. The number of thiophene rings is 2. The molecule has 3 aromatic rings. The van der Waals surface area contributed by atoms with Crippen LogP contribution in [0.15, 0.2) is 47.2 Å². The molecule has 0 radical (unpaired) electrons. The first-order chi connectivity index (χ1) is 15.1. The molecule has 0 saturated heterocycles. The average molecular weight is 467 g/mol. The number of nitrogens with zero attached hydrogens (tertiary/aromatic N) is 3. The van der Waals surface area contributed by atoms with Crippen LogP contribution < -0.4 is 20.7 Å². The molecule has 7 heteroatoms. The first kappa shape index (κ1) is 25.4. The molecule has 0 aromatic carbocycles. The molecule has 0 unspecified atom stereocenters. The highest BCUT2D eigenvalue weighted by molar-refractivity contribution is 7.24. The lowest BCUT2D eigenvalue weighted by molar-refractivity contribution is 0.309. The summed E-state index contributed by atoms with van der Waals surface area (Å²) in [7, 11) is 2.27. The fraction of sp³-hybridized carbons (Fsp3) is 0.520. The molecule has 3 aromatic heterocycles. The van der Waals surface area contributed by atoms with E-state index >= 15 is 0 Å². The van der Waals surface area contributed by atoms with Crippen LogP contribution in [0.25, 0.3) is 0 Å². The lowest BCUT2D eigenvalue weighted by atomic mass is 9.53. The second-order valence-corrected chi connectivity index (χ2v) is 11.8. The van der Waals surface area contributed by atoms with Gasteiger partial charge in [0.15, 0.2) is 0 Å². The van der Waals surface area contributed by atoms with E-state index in [4.69, 9.17) is 0 Å². The highest BCUT2D eigenvalue weighted by Crippen LogP contribution is 2.14. The molecular weight excluding hydrogens is 428 g/mol. The van der Waals surface area contributed by atoms with Crippen molar-refractivity contribution < 1.29 is 0 Å². The molecule has 3 rings (SSSR count). The van der Waals surface area contributed by atoms with E-state index in [0.717, 1.165) is 0 Å². The van der Waals surface area contributed by atoms with E-state index in [1.54, 1.807) is 0 Å². The van der Waals surface area contributed by atoms with E-state index in [1.807, 2.05) is 22.7 Å². The standard InChI is InChI=1S/C25H39B2N3S2/c1-18(2)29(19(3)4)26(24-12-10-16-31-24)22-14-15-23(28(22)9)27(25-13-11-17-32-25)30(20(5)6)21(7)8/h10-21H,1-9H3. The number of aromatic nitrogens is 1. The van der Waals surface area contributed by atoms with Crippen LogP contribution in [-0.4, -0.2) is 52.1 Å². The molecule has 3 nitrogen and oxygen atoms in total. The maximum atomic E-state index is 2.65. The molecule has 172 valence electrons. The maximum absolute atomic E-state index is 2.65. The largest absolute Gasteiger partial charge is 0.364 e. The third-order valence-corrected chi connectivity index (χ3v) is 8.22. The van der Waals surface area contributed by atoms with Crippen LogP contribution in [0.5, 0.6) is 0 Å². The summed E-state index contributed by atoms with van der Waals surface area (Å²) in [6.45, 7) is 19.0. The Bertz CT molecular complexity index is 854. The Morgan fingerprint density at radius 1 is 0.625 bits per heavy atom. The van der Waals surface area contributed by atoms with Crippen LogP contribution in [0.3, 0.4) is 0 Å². The van der Waals surface area contributed by atoms with Crippen LogP contribution in [0.2, 0.25) is 0 Å². The van der Waals surface area contributed by atoms with Crippen molar-refractivity contribution in [2.75, 3.05) is 0 Å². The van der Waals surface area contributed by atoms with Gasteiger partial charge in [0.25, 0.3) is 0 Å². The van der Waals surface area contributed by atoms with E-state index in [2.05, 4.69) is 124 Å². The molecule has 0 aliphatic heterocycles. The Labute approximate surface area is 204 Å². The van der Waals surface area contributed by atoms with Gasteiger partial charge in [-0.15, -0.1) is 0 Å². The zero-order chi connectivity index (χ0) is 23.6. The monoisotopic (exact) mass is 467 g/mol. The van der Waals surface area contributed by atoms with Crippen molar-refractivity contribution in [3.05, 3.63) is 47.2 Å². The fourth-order valence-corrected chi connectivity index (χ4v) is 6.95. The Hall–Kier alpha value is -1.27. The van der Waals surface area contributed by atoms with Gasteiger partial charge in [-0.05, 0) is 56.6 Å². The zero-order valence-electron chi connectivity index (χ0n) is 21.2. The minimum absolute atomic E-state index is 0.254. The molecule has 0 fully saturated rings. The van der Waals surface area contributed by atoms with Crippen LogP contribution in [0.4, 0.5) is 0 Å². The van der Waals surface area contributed by atoms with Crippen molar-refractivity contribution in [2.45, 2.75) is 79.6 Å². The molecule has 0 amide bonds. The summed E-state index contributed by atoms with van der Waals surface area (Å²) in [6.07, 6.45) is 0. The Morgan fingerprint density at radius 3 is 1.22 bits per heavy atom. The van der Waals surface area contributed by atoms with Crippen molar-refractivity contribution in [3.63, 3.8) is 0 Å². The van der Waals surface area contributed by atoms with Gasteiger partial charge in [-0.3, -0.25) is 0 Å². The van der Waals surface area contributed by atoms with Crippen molar-refractivity contribution in [2.24, 2.45) is 7.05 Å². The van der Waals surface area contributed by atoms with E-state index < -0.39 is 0 Å². The molecule has 0 aliphatic rings. The third kappa shape index (κ3) is 5.11. The van der Waals surface area contributed by atoms with Gasteiger partial charge >= 0.3 is 13.7 Å². The third-order valence-electron chi connectivity index (χ3n) is 6.37. The van der Waals surface area contributed by atoms with Crippen molar-refractivity contribution in [3.8, 4) is 0 Å². The molecule has 0 aliphatic carbocycles. The van der Waals surface area contributed by atoms with Crippen molar-refractivity contribution >= 4 is 57.1 Å². The summed E-state index contributed by atoms with van der Waals surface area (Å²) in [5.74, 6) is 0. The van der Waals surface area contributed by atoms with E-state index in [9.17, 15) is 0 Å². The Kier molecular flexibility index (Phi) is 8.53. The normalized spacial score (nSPS) is 12.3. The summed E-state index contributed by atoms with van der Waals surface area (Å²) in [4.78, 5) is 5.29. The van der Waals surface area contributed by atoms with Crippen LogP contribution in [-0.2, 0) is 7.05 Å². The first-order valence-corrected chi connectivity index (χ1v) is 13.7. The average Bonchev–Trinajstić information content (AvgIpc) is 3.45. The topological polar surface area (TPSA) is 11.4 Å². The molecule has 0 N–H and O–H groups in total. The van der Waals surface area contributed by atoms with E-state index in [0.29, 0.717) is 24.2 Å². The van der Waals surface area contributed by atoms with Gasteiger partial charge in [0, 0.05) is 18.2 Å². The predicted molar refractivity (Wildman–Crippen MR) is 148 cm³/mol. The van der Waals surface area contributed by atoms with Crippen LogP contribution in [0, 0.1) is 0 Å². The zero-order valence-corrected chi connectivity index (χ0v) is 22.9. The molecule has 0 atom stereocenters. The minimum Gasteiger partial charge on any atom is -0.364 e. The molecule has 0 bridgehead atoms. The van der Waals surface area contributed by atoms with Gasteiger partial charge in [-0.2, -0.15) is 22.7 Å². The summed E-state index contributed by atoms with van der Waals surface area (Å²) in [5.41, 5.74) is 2.75. The van der Waals surface area contributed by atoms with Gasteiger partial charge in [-0.25, -0.2) is 0 Å². The van der Waals surface area contributed by atoms with Crippen LogP contribution >= 0.6 is 22.7 Å². The number of hydrogen-bond acceptors (Lipinski definition) is 4. The quantitative estimate of drug-likeness (QED) is 0.423. The van der Waals surface area contributed by atoms with Gasteiger partial charge in [0.05, 0.1) is 0 Å². The van der Waals surface area contributed by atoms with Gasteiger partial charge < -0.3 is 14.2 Å². The molecule has 3 heterocycles. The SMILES string of the molecule is CC(C)N(B(c1cccs1)c1ccc(B(c2cccs2)N(C(C)C)C(C)C)n1C)C(C)C. The van der Waals surface area contributed by atoms with Gasteiger partial charge in [0.2, 0.25) is 0 Å². The van der Waals surface area contributed by atoms with Crippen molar-refractivity contribution in [1.29, 1.82) is 0 Å². The highest BCUT2D eigenvalue weighted by atomic mass is 32.1. The van der Waals surface area contributed by atoms with E-state index in [-0.39, 0.29) is 13.7 Å². The second-order valence-electron chi connectivity index (χ2n) is 9.85. The fourth-order valence-electron chi connectivity index (χ4n) is 5.26. The van der Waals surface area contributed by atoms with Gasteiger partial charge in [0.1, 0.15) is 0 Å². The summed E-state index contributed by atoms with van der Waals surface area (Å²) in [6, 6.07) is 15.5. The number of rotatable bonds is 10. The summed E-state index contributed by atoms with van der Waals surface area (Å²) < 4.78 is 5.30. The van der Waals surface area contributed by atoms with Crippen LogP contribution in [0.1, 0.15) is 55.4 Å². The Balaban J connectivity index is 2.16. The smallest absolute Gasteiger partial charge is 0.320 e. The van der Waals surface area contributed by atoms with E-state index in [1.165, 1.54) is 20.7 Å². The van der Waals surface area contributed by atoms with Crippen molar-refractivity contribution in [1.82, 2.24) is 14.2 Å². The Morgan fingerprint density at radius 2 is 0.969 bits per heavy atom. The van der Waals surface area contributed by atoms with Gasteiger partial charge in [-0.1, -0.05) is 79.7 Å². The summed E-state index contributed by atoms with van der Waals surface area (Å²) in [5, 5.41) is 4.41. The second kappa shape index (κ2) is 10.8. The maximum Gasteiger partial charge on any atom is 0.320 e. The highest BCUT2D eigenvalue weighted by Gasteiger charge is 2.38. The lowest BCUT2D eigenvalue weighted by Gasteiger charge is -2.38. The first-order valence-electron chi connectivity index (χ1n) is 11.9. The predicted octanol–water partition coefficient (Wildman–Crippen LogP) is 3.60. The molecule has 32 heavy (non-hydrogen) atoms.